The average molecular weight is 217 g/mol. The minimum absolute atomic E-state index is 0.570. The lowest BCUT2D eigenvalue weighted by molar-refractivity contribution is 0.399. The van der Waals surface area contributed by atoms with Crippen LogP contribution in [0.4, 0.5) is 0 Å². The molecule has 0 aromatic heterocycles. The van der Waals surface area contributed by atoms with Crippen molar-refractivity contribution in [1.82, 2.24) is 5.32 Å². The molecule has 0 heterocycles. The van der Waals surface area contributed by atoms with Crippen LogP contribution in [-0.2, 0) is 10.8 Å². The van der Waals surface area contributed by atoms with Crippen molar-refractivity contribution in [2.75, 3.05) is 18.1 Å². The molecule has 3 heteroatoms. The van der Waals surface area contributed by atoms with Crippen molar-refractivity contribution in [3.05, 3.63) is 0 Å². The molecular weight excluding hydrogens is 194 g/mol. The zero-order chi connectivity index (χ0) is 10.4. The Kier molecular flexibility index (Phi) is 5.71. The summed E-state index contributed by atoms with van der Waals surface area (Å²) in [7, 11) is -0.570. The largest absolute Gasteiger partial charge is 0.314 e. The highest BCUT2D eigenvalue weighted by molar-refractivity contribution is 7.84. The number of rotatable bonds is 6. The van der Waals surface area contributed by atoms with Crippen molar-refractivity contribution in [2.24, 2.45) is 5.92 Å². The van der Waals surface area contributed by atoms with Gasteiger partial charge in [-0.15, -0.1) is 0 Å². The van der Waals surface area contributed by atoms with Crippen LogP contribution in [0.25, 0.3) is 0 Å². The summed E-state index contributed by atoms with van der Waals surface area (Å²) in [5.74, 6) is 2.51. The number of hydrogen-bond donors (Lipinski definition) is 1. The summed E-state index contributed by atoms with van der Waals surface area (Å²) in [6.45, 7) is 5.24. The van der Waals surface area contributed by atoms with E-state index in [1.165, 1.54) is 19.3 Å². The van der Waals surface area contributed by atoms with Crippen LogP contribution in [0.1, 0.15) is 39.5 Å². The van der Waals surface area contributed by atoms with E-state index in [4.69, 9.17) is 0 Å². The molecule has 14 heavy (non-hydrogen) atoms. The zero-order valence-electron chi connectivity index (χ0n) is 9.42. The van der Waals surface area contributed by atoms with Gasteiger partial charge in [0.1, 0.15) is 0 Å². The van der Waals surface area contributed by atoms with Gasteiger partial charge in [-0.2, -0.15) is 0 Å². The fourth-order valence-electron chi connectivity index (χ4n) is 2.34. The first-order chi connectivity index (χ1) is 6.77. The van der Waals surface area contributed by atoms with Gasteiger partial charge in [-0.1, -0.05) is 20.3 Å². The summed E-state index contributed by atoms with van der Waals surface area (Å²) in [4.78, 5) is 0. The Balaban J connectivity index is 2.25. The highest BCUT2D eigenvalue weighted by atomic mass is 32.2. The van der Waals surface area contributed by atoms with Crippen molar-refractivity contribution in [3.63, 3.8) is 0 Å². The van der Waals surface area contributed by atoms with Gasteiger partial charge in [-0.25, -0.2) is 0 Å². The van der Waals surface area contributed by atoms with Crippen LogP contribution in [-0.4, -0.2) is 28.3 Å². The van der Waals surface area contributed by atoms with E-state index in [-0.39, 0.29) is 0 Å². The van der Waals surface area contributed by atoms with Gasteiger partial charge in [0.2, 0.25) is 0 Å². The van der Waals surface area contributed by atoms with Gasteiger partial charge in [0.15, 0.2) is 0 Å². The van der Waals surface area contributed by atoms with Crippen molar-refractivity contribution in [1.29, 1.82) is 0 Å². The van der Waals surface area contributed by atoms with Gasteiger partial charge in [-0.3, -0.25) is 4.21 Å². The lowest BCUT2D eigenvalue weighted by atomic mass is 10.0. The lowest BCUT2D eigenvalue weighted by Gasteiger charge is -2.19. The van der Waals surface area contributed by atoms with E-state index in [0.717, 1.165) is 30.4 Å². The maximum Gasteiger partial charge on any atom is 0.0237 e. The van der Waals surface area contributed by atoms with Gasteiger partial charge in [0.25, 0.3) is 0 Å². The molecule has 0 radical (unpaired) electrons. The van der Waals surface area contributed by atoms with Crippen LogP contribution < -0.4 is 5.32 Å². The molecule has 84 valence electrons. The molecule has 0 aromatic carbocycles. The highest BCUT2D eigenvalue weighted by Gasteiger charge is 2.26. The van der Waals surface area contributed by atoms with E-state index < -0.39 is 10.8 Å². The Bertz CT molecular complexity index is 184. The molecule has 1 saturated carbocycles. The van der Waals surface area contributed by atoms with E-state index in [1.807, 2.05) is 6.92 Å². The van der Waals surface area contributed by atoms with Crippen molar-refractivity contribution in [2.45, 2.75) is 45.6 Å². The van der Waals surface area contributed by atoms with Crippen LogP contribution in [0.15, 0.2) is 0 Å². The van der Waals surface area contributed by atoms with Crippen LogP contribution >= 0.6 is 0 Å². The summed E-state index contributed by atoms with van der Waals surface area (Å²) in [5, 5.41) is 3.54. The first-order valence-electron chi connectivity index (χ1n) is 5.86. The first kappa shape index (κ1) is 12.2. The molecule has 1 rings (SSSR count). The molecule has 0 aromatic rings. The molecule has 0 saturated heterocycles. The fraction of sp³-hybridized carbons (Fsp3) is 1.00. The van der Waals surface area contributed by atoms with Gasteiger partial charge in [0, 0.05) is 28.3 Å². The second kappa shape index (κ2) is 6.57. The third-order valence-corrected chi connectivity index (χ3v) is 4.50. The molecule has 3 atom stereocenters. The van der Waals surface area contributed by atoms with Gasteiger partial charge >= 0.3 is 0 Å². The normalized spacial score (nSPS) is 29.3. The van der Waals surface area contributed by atoms with E-state index in [0.29, 0.717) is 6.04 Å². The van der Waals surface area contributed by atoms with Gasteiger partial charge in [-0.05, 0) is 31.7 Å². The Labute approximate surface area is 90.3 Å². The lowest BCUT2D eigenvalue weighted by Crippen LogP contribution is -2.32. The average Bonchev–Trinajstić information content (AvgIpc) is 2.62. The van der Waals surface area contributed by atoms with Crippen LogP contribution in [0.3, 0.4) is 0 Å². The van der Waals surface area contributed by atoms with Crippen molar-refractivity contribution < 1.29 is 4.21 Å². The Morgan fingerprint density at radius 1 is 1.36 bits per heavy atom. The van der Waals surface area contributed by atoms with Crippen molar-refractivity contribution >= 4 is 10.8 Å². The molecule has 2 nitrogen and oxygen atoms in total. The highest BCUT2D eigenvalue weighted by Crippen LogP contribution is 2.28. The molecule has 0 amide bonds. The van der Waals surface area contributed by atoms with Crippen LogP contribution in [0.5, 0.6) is 0 Å². The number of hydrogen-bond acceptors (Lipinski definition) is 2. The van der Waals surface area contributed by atoms with Crippen LogP contribution in [0, 0.1) is 5.92 Å². The summed E-state index contributed by atoms with van der Waals surface area (Å²) in [6.07, 6.45) is 5.15. The molecule has 1 N–H and O–H groups in total. The molecular formula is C11H23NOS. The molecule has 1 aliphatic rings. The van der Waals surface area contributed by atoms with Gasteiger partial charge < -0.3 is 5.32 Å². The molecule has 1 aliphatic carbocycles. The van der Waals surface area contributed by atoms with E-state index in [2.05, 4.69) is 12.2 Å². The molecule has 0 bridgehead atoms. The monoisotopic (exact) mass is 217 g/mol. The quantitative estimate of drug-likeness (QED) is 0.736. The van der Waals surface area contributed by atoms with E-state index >= 15 is 0 Å². The predicted octanol–water partition coefficient (Wildman–Crippen LogP) is 1.92. The Hall–Kier alpha value is 0.110. The van der Waals surface area contributed by atoms with Crippen molar-refractivity contribution in [3.8, 4) is 0 Å². The predicted molar refractivity (Wildman–Crippen MR) is 63.0 cm³/mol. The maximum atomic E-state index is 11.3. The third kappa shape index (κ3) is 3.70. The Morgan fingerprint density at radius 2 is 2.14 bits per heavy atom. The first-order valence-corrected chi connectivity index (χ1v) is 7.35. The standard InChI is InChI=1S/C11H23NOS/c1-3-12-11-7-5-6-10(11)8-9-14(13)4-2/h10-12H,3-9H2,1-2H3. The molecule has 1 fully saturated rings. The minimum atomic E-state index is -0.570. The second-order valence-corrected chi connectivity index (χ2v) is 5.94. The number of nitrogens with one attached hydrogen (secondary N) is 1. The van der Waals surface area contributed by atoms with Gasteiger partial charge in [0.05, 0.1) is 0 Å². The summed E-state index contributed by atoms with van der Waals surface area (Å²) in [5.41, 5.74) is 0. The van der Waals surface area contributed by atoms with Crippen LogP contribution in [0.2, 0.25) is 0 Å². The second-order valence-electron chi connectivity index (χ2n) is 4.08. The summed E-state index contributed by atoms with van der Waals surface area (Å²) in [6, 6.07) is 0.703. The molecule has 3 unspecified atom stereocenters. The Morgan fingerprint density at radius 3 is 2.79 bits per heavy atom. The van der Waals surface area contributed by atoms with E-state index in [9.17, 15) is 4.21 Å². The maximum absolute atomic E-state index is 11.3. The SMILES string of the molecule is CCNC1CCCC1CCS(=O)CC. The fourth-order valence-corrected chi connectivity index (χ4v) is 3.19. The van der Waals surface area contributed by atoms with E-state index in [1.54, 1.807) is 0 Å². The zero-order valence-corrected chi connectivity index (χ0v) is 10.2. The third-order valence-electron chi connectivity index (χ3n) is 3.16. The smallest absolute Gasteiger partial charge is 0.0237 e. The minimum Gasteiger partial charge on any atom is -0.314 e. The molecule has 0 spiro atoms. The molecule has 0 aliphatic heterocycles. The topological polar surface area (TPSA) is 29.1 Å². The summed E-state index contributed by atoms with van der Waals surface area (Å²) >= 11 is 0. The summed E-state index contributed by atoms with van der Waals surface area (Å²) < 4.78 is 11.3.